The van der Waals surface area contributed by atoms with Crippen LogP contribution >= 0.6 is 0 Å². The van der Waals surface area contributed by atoms with Crippen LogP contribution in [0.4, 0.5) is 10.1 Å². The fraction of sp³-hybridized carbons (Fsp3) is 0.650. The molecular formula is C20H32FNO. The third-order valence-corrected chi connectivity index (χ3v) is 4.30. The molecule has 0 heterocycles. The maximum atomic E-state index is 13.6. The second-order valence-corrected chi connectivity index (χ2v) is 6.73. The summed E-state index contributed by atoms with van der Waals surface area (Å²) < 4.78 is 13.6. The Labute approximate surface area is 141 Å². The van der Waals surface area contributed by atoms with Crippen LogP contribution in [0, 0.1) is 18.7 Å². The largest absolute Gasteiger partial charge is 0.309 e. The lowest BCUT2D eigenvalue weighted by Crippen LogP contribution is -2.43. The second-order valence-electron chi connectivity index (χ2n) is 6.73. The maximum Gasteiger partial charge on any atom is 0.229 e. The third-order valence-electron chi connectivity index (χ3n) is 4.30. The lowest BCUT2D eigenvalue weighted by molar-refractivity contribution is -0.122. The molecule has 3 heteroatoms. The van der Waals surface area contributed by atoms with Gasteiger partial charge in [-0.25, -0.2) is 4.39 Å². The number of carbonyl (C=O) groups excluding carboxylic acids is 1. The molecule has 0 aliphatic carbocycles. The molecule has 0 aliphatic rings. The molecule has 1 aromatic carbocycles. The van der Waals surface area contributed by atoms with Crippen LogP contribution in [0.3, 0.4) is 0 Å². The fourth-order valence-electron chi connectivity index (χ4n) is 2.86. The molecule has 0 spiro atoms. The van der Waals surface area contributed by atoms with Crippen LogP contribution in [0.2, 0.25) is 0 Å². The highest BCUT2D eigenvalue weighted by molar-refractivity contribution is 5.95. The first-order valence-corrected chi connectivity index (χ1v) is 9.01. The summed E-state index contributed by atoms with van der Waals surface area (Å²) in [6.07, 6.45) is 6.47. The molecule has 0 aromatic heterocycles. The highest BCUT2D eigenvalue weighted by Crippen LogP contribution is 2.27. The van der Waals surface area contributed by atoms with Crippen LogP contribution < -0.4 is 4.90 Å². The summed E-state index contributed by atoms with van der Waals surface area (Å²) in [7, 11) is 0. The average Bonchev–Trinajstić information content (AvgIpc) is 2.52. The molecular weight excluding hydrogens is 289 g/mol. The smallest absolute Gasteiger partial charge is 0.229 e. The third kappa shape index (κ3) is 5.63. The normalized spacial score (nSPS) is 11.3. The molecule has 0 unspecified atom stereocenters. The zero-order valence-electron chi connectivity index (χ0n) is 15.4. The molecule has 2 nitrogen and oxygen atoms in total. The summed E-state index contributed by atoms with van der Waals surface area (Å²) in [6, 6.07) is 5.23. The van der Waals surface area contributed by atoms with Crippen molar-refractivity contribution in [1.82, 2.24) is 0 Å². The molecule has 0 bridgehead atoms. The monoisotopic (exact) mass is 321 g/mol. The van der Waals surface area contributed by atoms with E-state index in [1.807, 2.05) is 18.7 Å². The number of rotatable bonds is 9. The Balaban J connectivity index is 3.18. The summed E-state index contributed by atoms with van der Waals surface area (Å²) in [4.78, 5) is 14.8. The Kier molecular flexibility index (Phi) is 8.29. The number of hydrogen-bond acceptors (Lipinski definition) is 1. The molecule has 1 aromatic rings. The van der Waals surface area contributed by atoms with Crippen LogP contribution in [0.25, 0.3) is 0 Å². The van der Waals surface area contributed by atoms with Crippen LogP contribution in [-0.4, -0.2) is 11.9 Å². The zero-order valence-corrected chi connectivity index (χ0v) is 15.4. The van der Waals surface area contributed by atoms with Crippen molar-refractivity contribution in [2.24, 2.45) is 5.92 Å². The van der Waals surface area contributed by atoms with E-state index in [1.54, 1.807) is 19.1 Å². The summed E-state index contributed by atoms with van der Waals surface area (Å²) in [5.74, 6) is -0.149. The molecule has 0 aliphatic heterocycles. The number of anilines is 1. The van der Waals surface area contributed by atoms with E-state index in [4.69, 9.17) is 0 Å². The quantitative estimate of drug-likeness (QED) is 0.557. The number of aryl methyl sites for hydroxylation is 1. The van der Waals surface area contributed by atoms with E-state index in [0.29, 0.717) is 5.56 Å². The molecule has 0 fully saturated rings. The number of halogens is 1. The van der Waals surface area contributed by atoms with Crippen LogP contribution in [0.1, 0.15) is 71.8 Å². The first-order valence-electron chi connectivity index (χ1n) is 9.01. The Morgan fingerprint density at radius 2 is 1.70 bits per heavy atom. The molecule has 0 saturated heterocycles. The van der Waals surface area contributed by atoms with Crippen molar-refractivity contribution in [1.29, 1.82) is 0 Å². The van der Waals surface area contributed by atoms with Gasteiger partial charge >= 0.3 is 0 Å². The van der Waals surface area contributed by atoms with Gasteiger partial charge in [0, 0.05) is 17.6 Å². The van der Waals surface area contributed by atoms with Crippen molar-refractivity contribution in [3.63, 3.8) is 0 Å². The van der Waals surface area contributed by atoms with Gasteiger partial charge in [0.05, 0.1) is 0 Å². The fourth-order valence-corrected chi connectivity index (χ4v) is 2.86. The van der Waals surface area contributed by atoms with Gasteiger partial charge in [-0.15, -0.1) is 0 Å². The van der Waals surface area contributed by atoms with E-state index in [1.165, 1.54) is 6.07 Å². The lowest BCUT2D eigenvalue weighted by Gasteiger charge is -2.34. The van der Waals surface area contributed by atoms with E-state index in [9.17, 15) is 9.18 Å². The van der Waals surface area contributed by atoms with Gasteiger partial charge in [0.25, 0.3) is 0 Å². The Morgan fingerprint density at radius 3 is 2.13 bits per heavy atom. The molecule has 0 atom stereocenters. The van der Waals surface area contributed by atoms with Crippen molar-refractivity contribution in [2.75, 3.05) is 4.90 Å². The predicted octanol–water partition coefficient (Wildman–Crippen LogP) is 5.87. The number of nitrogens with zero attached hydrogens (tertiary/aromatic N) is 1. The number of amides is 1. The zero-order chi connectivity index (χ0) is 17.4. The van der Waals surface area contributed by atoms with E-state index < -0.39 is 0 Å². The summed E-state index contributed by atoms with van der Waals surface area (Å²) in [5.41, 5.74) is 1.42. The van der Waals surface area contributed by atoms with Crippen molar-refractivity contribution < 1.29 is 9.18 Å². The van der Waals surface area contributed by atoms with E-state index >= 15 is 0 Å². The van der Waals surface area contributed by atoms with Gasteiger partial charge < -0.3 is 4.90 Å². The Bertz CT molecular complexity index is 490. The van der Waals surface area contributed by atoms with E-state index in [2.05, 4.69) is 13.8 Å². The molecule has 0 N–H and O–H groups in total. The number of hydrogen-bond donors (Lipinski definition) is 0. The minimum Gasteiger partial charge on any atom is -0.309 e. The number of benzene rings is 1. The van der Waals surface area contributed by atoms with Crippen molar-refractivity contribution in [3.05, 3.63) is 29.6 Å². The topological polar surface area (TPSA) is 20.3 Å². The first kappa shape index (κ1) is 19.7. The predicted molar refractivity (Wildman–Crippen MR) is 96.3 cm³/mol. The van der Waals surface area contributed by atoms with Gasteiger partial charge in [-0.3, -0.25) is 4.79 Å². The lowest BCUT2D eigenvalue weighted by atomic mass is 9.99. The Hall–Kier alpha value is -1.38. The molecule has 1 amide bonds. The van der Waals surface area contributed by atoms with Gasteiger partial charge in [0.2, 0.25) is 5.91 Å². The van der Waals surface area contributed by atoms with Crippen LogP contribution in [0.5, 0.6) is 0 Å². The number of carbonyl (C=O) groups is 1. The second kappa shape index (κ2) is 9.69. The summed E-state index contributed by atoms with van der Waals surface area (Å²) in [5, 5.41) is 0. The molecule has 130 valence electrons. The minimum absolute atomic E-state index is 0.0638. The number of unbranched alkanes of at least 4 members (excludes halogenated alkanes) is 2. The molecule has 0 saturated carbocycles. The molecule has 23 heavy (non-hydrogen) atoms. The van der Waals surface area contributed by atoms with Gasteiger partial charge in [-0.2, -0.15) is 0 Å². The highest BCUT2D eigenvalue weighted by atomic mass is 19.1. The summed E-state index contributed by atoms with van der Waals surface area (Å²) >= 11 is 0. The Morgan fingerprint density at radius 1 is 1.13 bits per heavy atom. The van der Waals surface area contributed by atoms with Crippen molar-refractivity contribution in [2.45, 2.75) is 79.2 Å². The molecule has 1 rings (SSSR count). The van der Waals surface area contributed by atoms with Crippen molar-refractivity contribution in [3.8, 4) is 0 Å². The van der Waals surface area contributed by atoms with E-state index in [0.717, 1.165) is 44.2 Å². The van der Waals surface area contributed by atoms with E-state index in [-0.39, 0.29) is 23.7 Å². The summed E-state index contributed by atoms with van der Waals surface area (Å²) in [6.45, 7) is 9.97. The van der Waals surface area contributed by atoms with Crippen LogP contribution in [-0.2, 0) is 4.79 Å². The first-order chi connectivity index (χ1) is 10.9. The average molecular weight is 321 g/mol. The van der Waals surface area contributed by atoms with Gasteiger partial charge in [-0.05, 0) is 43.5 Å². The standard InChI is InChI=1S/C20H32FNO/c1-6-8-10-17(11-9-7-2)22(20(23)15(3)4)18-12-13-19(21)16(5)14-18/h12-15,17H,6-11H2,1-5H3. The minimum atomic E-state index is -0.218. The van der Waals surface area contributed by atoms with Gasteiger partial charge in [0.15, 0.2) is 0 Å². The highest BCUT2D eigenvalue weighted by Gasteiger charge is 2.26. The maximum absolute atomic E-state index is 13.6. The van der Waals surface area contributed by atoms with Crippen molar-refractivity contribution >= 4 is 11.6 Å². The SMILES string of the molecule is CCCCC(CCCC)N(C(=O)C(C)C)c1ccc(F)c(C)c1. The molecule has 0 radical (unpaired) electrons. The van der Waals surface area contributed by atoms with Gasteiger partial charge in [-0.1, -0.05) is 53.4 Å². The van der Waals surface area contributed by atoms with Gasteiger partial charge in [0.1, 0.15) is 5.82 Å². The van der Waals surface area contributed by atoms with Crippen LogP contribution in [0.15, 0.2) is 18.2 Å².